The van der Waals surface area contributed by atoms with E-state index >= 15 is 0 Å². The van der Waals surface area contributed by atoms with Crippen molar-refractivity contribution < 1.29 is 22.7 Å². The first-order valence-corrected chi connectivity index (χ1v) is 13.7. The molecule has 0 saturated heterocycles. The Hall–Kier alpha value is -2.49. The lowest BCUT2D eigenvalue weighted by molar-refractivity contribution is -0.139. The zero-order chi connectivity index (χ0) is 26.2. The second-order valence-electron chi connectivity index (χ2n) is 8.05. The molecule has 0 aliphatic heterocycles. The number of anilines is 1. The van der Waals surface area contributed by atoms with Crippen LogP contribution in [0.3, 0.4) is 0 Å². The van der Waals surface area contributed by atoms with E-state index in [1.165, 1.54) is 12.0 Å². The minimum absolute atomic E-state index is 0.00257. The van der Waals surface area contributed by atoms with Crippen LogP contribution in [0.5, 0.6) is 5.75 Å². The van der Waals surface area contributed by atoms with Gasteiger partial charge in [0.15, 0.2) is 0 Å². The van der Waals surface area contributed by atoms with Gasteiger partial charge in [-0.15, -0.1) is 0 Å². The Bertz CT molecular complexity index is 1130. The van der Waals surface area contributed by atoms with Crippen LogP contribution >= 0.6 is 23.2 Å². The van der Waals surface area contributed by atoms with E-state index < -0.39 is 28.5 Å². The topological polar surface area (TPSA) is 96.0 Å². The Balaban J connectivity index is 2.37. The highest BCUT2D eigenvalue weighted by atomic mass is 35.5. The number of nitrogens with one attached hydrogen (secondary N) is 1. The first-order chi connectivity index (χ1) is 16.5. The van der Waals surface area contributed by atoms with Gasteiger partial charge >= 0.3 is 0 Å². The third-order valence-corrected chi connectivity index (χ3v) is 7.12. The van der Waals surface area contributed by atoms with Gasteiger partial charge in [0.1, 0.15) is 18.3 Å². The number of rotatable bonds is 12. The molecule has 0 aliphatic carbocycles. The second-order valence-corrected chi connectivity index (χ2v) is 10.8. The van der Waals surface area contributed by atoms with Crippen LogP contribution in [-0.4, -0.2) is 57.6 Å². The zero-order valence-corrected chi connectivity index (χ0v) is 22.6. The van der Waals surface area contributed by atoms with E-state index in [1.807, 2.05) is 6.92 Å². The lowest BCUT2D eigenvalue weighted by Crippen LogP contribution is -2.51. The smallest absolute Gasteiger partial charge is 0.244 e. The average Bonchev–Trinajstić information content (AvgIpc) is 2.81. The van der Waals surface area contributed by atoms with Crippen molar-refractivity contribution in [3.05, 3.63) is 58.1 Å². The highest BCUT2D eigenvalue weighted by Crippen LogP contribution is 2.25. The van der Waals surface area contributed by atoms with Gasteiger partial charge in [0.25, 0.3) is 0 Å². The van der Waals surface area contributed by atoms with Crippen LogP contribution < -0.4 is 14.4 Å². The summed E-state index contributed by atoms with van der Waals surface area (Å²) in [5.74, 6) is -0.354. The van der Waals surface area contributed by atoms with Crippen LogP contribution in [0, 0.1) is 0 Å². The molecular formula is C24H31Cl2N3O5S. The molecule has 192 valence electrons. The third-order valence-electron chi connectivity index (χ3n) is 5.39. The Morgan fingerprint density at radius 1 is 1.11 bits per heavy atom. The van der Waals surface area contributed by atoms with Crippen LogP contribution in [0.2, 0.25) is 10.0 Å². The van der Waals surface area contributed by atoms with E-state index in [-0.39, 0.29) is 12.5 Å². The molecule has 8 nitrogen and oxygen atoms in total. The summed E-state index contributed by atoms with van der Waals surface area (Å²) in [6.45, 7) is 3.58. The number of halogens is 2. The van der Waals surface area contributed by atoms with Crippen molar-refractivity contribution in [2.24, 2.45) is 0 Å². The largest absolute Gasteiger partial charge is 0.497 e. The van der Waals surface area contributed by atoms with Gasteiger partial charge in [-0.25, -0.2) is 8.42 Å². The number of hydrogen-bond donors (Lipinski definition) is 1. The van der Waals surface area contributed by atoms with Gasteiger partial charge in [0.05, 0.1) is 19.1 Å². The summed E-state index contributed by atoms with van der Waals surface area (Å²) in [6.07, 6.45) is 2.73. The number of hydrogen-bond acceptors (Lipinski definition) is 5. The van der Waals surface area contributed by atoms with Crippen molar-refractivity contribution in [1.29, 1.82) is 0 Å². The summed E-state index contributed by atoms with van der Waals surface area (Å²) in [6, 6.07) is 10.3. The van der Waals surface area contributed by atoms with E-state index in [4.69, 9.17) is 27.9 Å². The van der Waals surface area contributed by atoms with Gasteiger partial charge in [0, 0.05) is 23.1 Å². The van der Waals surface area contributed by atoms with Crippen molar-refractivity contribution in [2.75, 3.05) is 30.8 Å². The maximum atomic E-state index is 13.5. The van der Waals surface area contributed by atoms with Crippen LogP contribution in [0.15, 0.2) is 42.5 Å². The molecular weight excluding hydrogens is 513 g/mol. The molecule has 1 atom stereocenters. The number of ether oxygens (including phenoxy) is 1. The van der Waals surface area contributed by atoms with E-state index in [9.17, 15) is 18.0 Å². The van der Waals surface area contributed by atoms with Gasteiger partial charge in [0.2, 0.25) is 21.8 Å². The Kier molecular flexibility index (Phi) is 10.7. The summed E-state index contributed by atoms with van der Waals surface area (Å²) >= 11 is 12.3. The SMILES string of the molecule is CCCCNC(=O)[C@@H](C)N(Cc1ccc(Cl)cc1Cl)C(=O)CN(c1ccc(OC)cc1)S(C)(=O)=O. The number of unbranched alkanes of at least 4 members (excludes halogenated alkanes) is 1. The van der Waals surface area contributed by atoms with Gasteiger partial charge in [-0.3, -0.25) is 13.9 Å². The number of amides is 2. The summed E-state index contributed by atoms with van der Waals surface area (Å²) in [7, 11) is -2.32. The van der Waals surface area contributed by atoms with Crippen LogP contribution in [-0.2, 0) is 26.2 Å². The van der Waals surface area contributed by atoms with E-state index in [0.29, 0.717) is 33.6 Å². The lowest BCUT2D eigenvalue weighted by Gasteiger charge is -2.31. The molecule has 0 bridgehead atoms. The predicted molar refractivity (Wildman–Crippen MR) is 140 cm³/mol. The number of sulfonamides is 1. The first-order valence-electron chi connectivity index (χ1n) is 11.1. The molecule has 2 amide bonds. The molecule has 2 rings (SSSR count). The Labute approximate surface area is 217 Å². The van der Waals surface area contributed by atoms with Gasteiger partial charge in [-0.2, -0.15) is 0 Å². The number of benzene rings is 2. The number of nitrogens with zero attached hydrogens (tertiary/aromatic N) is 2. The van der Waals surface area contributed by atoms with Gasteiger partial charge in [-0.1, -0.05) is 42.6 Å². The minimum Gasteiger partial charge on any atom is -0.497 e. The third kappa shape index (κ3) is 8.30. The normalized spacial score (nSPS) is 12.1. The van der Waals surface area contributed by atoms with E-state index in [0.717, 1.165) is 23.4 Å². The van der Waals surface area contributed by atoms with Crippen LogP contribution in [0.25, 0.3) is 0 Å². The van der Waals surface area contributed by atoms with E-state index in [2.05, 4.69) is 5.32 Å². The van der Waals surface area contributed by atoms with Crippen LogP contribution in [0.4, 0.5) is 5.69 Å². The quantitative estimate of drug-likeness (QED) is 0.406. The van der Waals surface area contributed by atoms with Crippen molar-refractivity contribution in [3.63, 3.8) is 0 Å². The molecule has 0 aromatic heterocycles. The monoisotopic (exact) mass is 543 g/mol. The van der Waals surface area contributed by atoms with Crippen LogP contribution in [0.1, 0.15) is 32.3 Å². The molecule has 0 spiro atoms. The maximum Gasteiger partial charge on any atom is 0.244 e. The Morgan fingerprint density at radius 2 is 1.77 bits per heavy atom. The molecule has 0 saturated carbocycles. The highest BCUT2D eigenvalue weighted by Gasteiger charge is 2.30. The Morgan fingerprint density at radius 3 is 2.31 bits per heavy atom. The number of methoxy groups -OCH3 is 1. The van der Waals surface area contributed by atoms with Gasteiger partial charge < -0.3 is 15.0 Å². The molecule has 0 aliphatic rings. The fourth-order valence-electron chi connectivity index (χ4n) is 3.31. The summed E-state index contributed by atoms with van der Waals surface area (Å²) in [5, 5.41) is 3.60. The molecule has 2 aromatic carbocycles. The fraction of sp³-hybridized carbons (Fsp3) is 0.417. The number of carbonyl (C=O) groups is 2. The fourth-order valence-corrected chi connectivity index (χ4v) is 4.63. The molecule has 1 N–H and O–H groups in total. The molecule has 11 heteroatoms. The summed E-state index contributed by atoms with van der Waals surface area (Å²) < 4.78 is 31.3. The maximum absolute atomic E-state index is 13.5. The van der Waals surface area contributed by atoms with Crippen molar-refractivity contribution >= 4 is 50.7 Å². The second kappa shape index (κ2) is 13.0. The predicted octanol–water partition coefficient (Wildman–Crippen LogP) is 4.10. The standard InChI is InChI=1S/C24H31Cl2N3O5S/c1-5-6-13-27-24(31)17(2)28(15-18-7-8-19(25)14-22(18)26)23(30)16-29(35(4,32)33)20-9-11-21(34-3)12-10-20/h7-12,14,17H,5-6,13,15-16H2,1-4H3,(H,27,31)/t17-/m1/s1. The van der Waals surface area contributed by atoms with Crippen molar-refractivity contribution in [2.45, 2.75) is 39.3 Å². The lowest BCUT2D eigenvalue weighted by atomic mass is 10.1. The molecule has 2 aromatic rings. The highest BCUT2D eigenvalue weighted by molar-refractivity contribution is 7.92. The summed E-state index contributed by atoms with van der Waals surface area (Å²) in [4.78, 5) is 27.6. The van der Waals surface area contributed by atoms with Crippen molar-refractivity contribution in [3.8, 4) is 5.75 Å². The molecule has 0 heterocycles. The molecule has 35 heavy (non-hydrogen) atoms. The molecule has 0 unspecified atom stereocenters. The zero-order valence-electron chi connectivity index (χ0n) is 20.3. The molecule has 0 fully saturated rings. The average molecular weight is 545 g/mol. The molecule has 0 radical (unpaired) electrons. The first kappa shape index (κ1) is 28.7. The minimum atomic E-state index is -3.82. The van der Waals surface area contributed by atoms with Crippen molar-refractivity contribution in [1.82, 2.24) is 10.2 Å². The summed E-state index contributed by atoms with van der Waals surface area (Å²) in [5.41, 5.74) is 0.874. The van der Waals surface area contributed by atoms with E-state index in [1.54, 1.807) is 49.4 Å². The van der Waals surface area contributed by atoms with Gasteiger partial charge in [-0.05, 0) is 55.3 Å². The number of carbonyl (C=O) groups excluding carboxylic acids is 2.